The highest BCUT2D eigenvalue weighted by molar-refractivity contribution is 5.98. The summed E-state index contributed by atoms with van der Waals surface area (Å²) in [6.45, 7) is 3.21. The summed E-state index contributed by atoms with van der Waals surface area (Å²) in [5.41, 5.74) is 4.64. The third kappa shape index (κ3) is 4.19. The molecule has 0 bridgehead atoms. The van der Waals surface area contributed by atoms with Crippen LogP contribution in [0.1, 0.15) is 53.0 Å². The lowest BCUT2D eigenvalue weighted by Gasteiger charge is -2.44. The van der Waals surface area contributed by atoms with Crippen molar-refractivity contribution in [2.24, 2.45) is 0 Å². The molecule has 7 nitrogen and oxygen atoms in total. The summed E-state index contributed by atoms with van der Waals surface area (Å²) < 4.78 is 6.65. The van der Waals surface area contributed by atoms with Gasteiger partial charge >= 0.3 is 0 Å². The zero-order valence-electron chi connectivity index (χ0n) is 20.8. The molecule has 1 saturated heterocycles. The molecule has 37 heavy (non-hydrogen) atoms. The summed E-state index contributed by atoms with van der Waals surface area (Å²) in [4.78, 5) is 35.0. The maximum Gasteiger partial charge on any atom is 0.270 e. The minimum Gasteiger partial charge on any atom is -0.370 e. The molecule has 0 radical (unpaired) electrons. The summed E-state index contributed by atoms with van der Waals surface area (Å²) >= 11 is 0. The molecule has 3 heterocycles. The third-order valence-electron chi connectivity index (χ3n) is 7.92. The summed E-state index contributed by atoms with van der Waals surface area (Å²) in [5.74, 6) is -0.0641. The first-order valence-electron chi connectivity index (χ1n) is 12.8. The van der Waals surface area contributed by atoms with Crippen LogP contribution in [-0.2, 0) is 21.6 Å². The highest BCUT2D eigenvalue weighted by Gasteiger charge is 2.54. The van der Waals surface area contributed by atoms with Gasteiger partial charge in [-0.2, -0.15) is 0 Å². The van der Waals surface area contributed by atoms with E-state index in [4.69, 9.17) is 4.74 Å². The van der Waals surface area contributed by atoms with Crippen molar-refractivity contribution >= 4 is 22.7 Å². The fraction of sp³-hybridized carbons (Fsp3) is 0.300. The van der Waals surface area contributed by atoms with E-state index in [1.165, 1.54) is 5.56 Å². The van der Waals surface area contributed by atoms with E-state index in [1.54, 1.807) is 19.3 Å². The van der Waals surface area contributed by atoms with E-state index in [-0.39, 0.29) is 29.4 Å². The molecule has 1 aliphatic heterocycles. The fourth-order valence-corrected chi connectivity index (χ4v) is 6.17. The summed E-state index contributed by atoms with van der Waals surface area (Å²) in [6.07, 6.45) is 4.79. The monoisotopic (exact) mass is 494 g/mol. The van der Waals surface area contributed by atoms with Crippen molar-refractivity contribution in [1.82, 2.24) is 20.2 Å². The molecule has 0 unspecified atom stereocenters. The molecule has 2 aliphatic rings. The van der Waals surface area contributed by atoms with Gasteiger partial charge in [0.05, 0.1) is 18.8 Å². The van der Waals surface area contributed by atoms with Gasteiger partial charge in [-0.05, 0) is 53.8 Å². The highest BCUT2D eigenvalue weighted by Crippen LogP contribution is 2.52. The number of likely N-dealkylation sites (tertiary alicyclic amines) is 1. The molecular formula is C30H30N4O3. The average Bonchev–Trinajstić information content (AvgIpc) is 3.46. The van der Waals surface area contributed by atoms with Crippen LogP contribution in [0.3, 0.4) is 0 Å². The van der Waals surface area contributed by atoms with E-state index in [9.17, 15) is 9.59 Å². The molecular weight excluding hydrogens is 464 g/mol. The van der Waals surface area contributed by atoms with E-state index in [0.717, 1.165) is 34.9 Å². The van der Waals surface area contributed by atoms with Gasteiger partial charge in [0.15, 0.2) is 0 Å². The lowest BCUT2D eigenvalue weighted by molar-refractivity contribution is -0.122. The van der Waals surface area contributed by atoms with Gasteiger partial charge in [-0.15, -0.1) is 0 Å². The van der Waals surface area contributed by atoms with E-state index >= 15 is 0 Å². The predicted molar refractivity (Wildman–Crippen MR) is 141 cm³/mol. The van der Waals surface area contributed by atoms with Crippen molar-refractivity contribution in [3.63, 3.8) is 0 Å². The second-order valence-electron chi connectivity index (χ2n) is 10.1. The quantitative estimate of drug-likeness (QED) is 0.427. The van der Waals surface area contributed by atoms with Crippen LogP contribution in [0.25, 0.3) is 10.9 Å². The van der Waals surface area contributed by atoms with Crippen molar-refractivity contribution in [3.8, 4) is 0 Å². The van der Waals surface area contributed by atoms with Gasteiger partial charge in [-0.1, -0.05) is 42.5 Å². The van der Waals surface area contributed by atoms with Crippen molar-refractivity contribution < 1.29 is 14.3 Å². The molecule has 1 spiro atoms. The SMILES string of the molecule is CC(=O)N[C@H]1c2ccccc2C2(CCN(C(=O)c3cc4ccccc4[nH]3)CC2)[C@@H]1OCc1ccncc1. The highest BCUT2D eigenvalue weighted by atomic mass is 16.5. The van der Waals surface area contributed by atoms with Crippen LogP contribution in [-0.4, -0.2) is 45.9 Å². The molecule has 2 N–H and O–H groups in total. The molecule has 1 fully saturated rings. The lowest BCUT2D eigenvalue weighted by Crippen LogP contribution is -2.51. The second-order valence-corrected chi connectivity index (χ2v) is 10.1. The number of hydrogen-bond donors (Lipinski definition) is 2. The number of para-hydroxylation sites is 1. The second kappa shape index (κ2) is 9.48. The predicted octanol–water partition coefficient (Wildman–Crippen LogP) is 4.51. The first-order valence-corrected chi connectivity index (χ1v) is 12.8. The van der Waals surface area contributed by atoms with Crippen LogP contribution in [0.5, 0.6) is 0 Å². The Morgan fingerprint density at radius 2 is 1.78 bits per heavy atom. The zero-order valence-corrected chi connectivity index (χ0v) is 20.8. The number of nitrogens with zero attached hydrogens (tertiary/aromatic N) is 2. The van der Waals surface area contributed by atoms with Crippen LogP contribution in [0.15, 0.2) is 79.1 Å². The third-order valence-corrected chi connectivity index (χ3v) is 7.92. The number of fused-ring (bicyclic) bond motifs is 3. The zero-order chi connectivity index (χ0) is 25.4. The van der Waals surface area contributed by atoms with Gasteiger partial charge in [0.25, 0.3) is 5.91 Å². The minimum atomic E-state index is -0.298. The van der Waals surface area contributed by atoms with Crippen molar-refractivity contribution in [3.05, 3.63) is 102 Å². The van der Waals surface area contributed by atoms with Crippen molar-refractivity contribution in [2.45, 2.75) is 43.9 Å². The number of pyridine rings is 1. The summed E-state index contributed by atoms with van der Waals surface area (Å²) in [6, 6.07) is 21.8. The molecule has 2 amide bonds. The summed E-state index contributed by atoms with van der Waals surface area (Å²) in [7, 11) is 0. The van der Waals surface area contributed by atoms with Crippen LogP contribution in [0.2, 0.25) is 0 Å². The molecule has 2 atom stereocenters. The Morgan fingerprint density at radius 3 is 2.54 bits per heavy atom. The number of hydrogen-bond acceptors (Lipinski definition) is 4. The first-order chi connectivity index (χ1) is 18.0. The number of amides is 2. The number of carbonyl (C=O) groups excluding carboxylic acids is 2. The molecule has 2 aromatic heterocycles. The van der Waals surface area contributed by atoms with E-state index in [0.29, 0.717) is 25.4 Å². The van der Waals surface area contributed by atoms with Gasteiger partial charge in [-0.3, -0.25) is 14.6 Å². The fourth-order valence-electron chi connectivity index (χ4n) is 6.17. The normalized spacial score (nSPS) is 20.2. The van der Waals surface area contributed by atoms with E-state index in [1.807, 2.05) is 53.4 Å². The number of ether oxygens (including phenoxy) is 1. The van der Waals surface area contributed by atoms with Crippen LogP contribution >= 0.6 is 0 Å². The topological polar surface area (TPSA) is 87.3 Å². The van der Waals surface area contributed by atoms with E-state index in [2.05, 4.69) is 33.5 Å². The Kier molecular flexibility index (Phi) is 6.00. The number of carbonyl (C=O) groups is 2. The Bertz CT molecular complexity index is 1410. The number of aromatic nitrogens is 2. The number of benzene rings is 2. The molecule has 2 aromatic carbocycles. The molecule has 1 aliphatic carbocycles. The number of nitrogens with one attached hydrogen (secondary N) is 2. The summed E-state index contributed by atoms with van der Waals surface area (Å²) in [5, 5.41) is 4.20. The Labute approximate surface area is 215 Å². The number of rotatable bonds is 5. The number of H-pyrrole nitrogens is 1. The van der Waals surface area contributed by atoms with Crippen LogP contribution in [0, 0.1) is 0 Å². The van der Waals surface area contributed by atoms with E-state index < -0.39 is 0 Å². The van der Waals surface area contributed by atoms with Gasteiger partial charge in [0.2, 0.25) is 5.91 Å². The molecule has 4 aromatic rings. The largest absolute Gasteiger partial charge is 0.370 e. The first kappa shape index (κ1) is 23.4. The Morgan fingerprint density at radius 1 is 1.05 bits per heavy atom. The Balaban J connectivity index is 1.28. The molecule has 0 saturated carbocycles. The maximum atomic E-state index is 13.4. The number of piperidine rings is 1. The average molecular weight is 495 g/mol. The lowest BCUT2D eigenvalue weighted by atomic mass is 9.71. The molecule has 7 heteroatoms. The Hall–Kier alpha value is -3.97. The molecule has 188 valence electrons. The smallest absolute Gasteiger partial charge is 0.270 e. The van der Waals surface area contributed by atoms with Crippen molar-refractivity contribution in [2.75, 3.05) is 13.1 Å². The van der Waals surface area contributed by atoms with Gasteiger partial charge in [0.1, 0.15) is 5.69 Å². The van der Waals surface area contributed by atoms with Gasteiger partial charge in [0, 0.05) is 48.7 Å². The minimum absolute atomic E-state index is 0.0185. The van der Waals surface area contributed by atoms with Crippen molar-refractivity contribution in [1.29, 1.82) is 0 Å². The number of aromatic amines is 1. The van der Waals surface area contributed by atoms with Gasteiger partial charge in [-0.25, -0.2) is 0 Å². The van der Waals surface area contributed by atoms with Crippen LogP contribution < -0.4 is 5.32 Å². The maximum absolute atomic E-state index is 13.4. The van der Waals surface area contributed by atoms with Crippen LogP contribution in [0.4, 0.5) is 0 Å². The standard InChI is InChI=1S/C30H30N4O3/c1-20(35)32-27-23-7-3-4-8-24(23)30(28(27)37-19-21-10-14-31-15-11-21)12-16-34(17-13-30)29(36)26-18-22-6-2-5-9-25(22)33-26/h2-11,14-15,18,27-28,33H,12-13,16-17,19H2,1H3,(H,32,35)/t27-,28+/m0/s1. The van der Waals surface area contributed by atoms with Gasteiger partial charge < -0.3 is 19.9 Å². The molecule has 6 rings (SSSR count).